The Hall–Kier alpha value is -1.10. The Balaban J connectivity index is 1.74. The van der Waals surface area contributed by atoms with Crippen LogP contribution in [-0.2, 0) is 14.3 Å². The van der Waals surface area contributed by atoms with Gasteiger partial charge in [-0.2, -0.15) is 0 Å². The van der Waals surface area contributed by atoms with Crippen LogP contribution < -0.4 is 5.32 Å². The van der Waals surface area contributed by atoms with Gasteiger partial charge < -0.3 is 15.2 Å². The van der Waals surface area contributed by atoms with E-state index in [1.54, 1.807) is 0 Å². The summed E-state index contributed by atoms with van der Waals surface area (Å²) in [5.41, 5.74) is -1.38. The number of rotatable bonds is 4. The predicted octanol–water partition coefficient (Wildman–Crippen LogP) is 1.92. The van der Waals surface area contributed by atoms with E-state index in [-0.39, 0.29) is 18.6 Å². The first-order chi connectivity index (χ1) is 10.0. The second-order valence-corrected chi connectivity index (χ2v) is 6.60. The molecule has 2 aliphatic carbocycles. The molecule has 0 unspecified atom stereocenters. The standard InChI is InChI=1S/C16H27NO4/c1-12-7-3-4-8-13(12)17-14(18)11-21-15(19)16(20)9-5-2-6-10-16/h12-13,20H,2-11H2,1H3,(H,17,18)/t12-,13-/m1/s1. The van der Waals surface area contributed by atoms with E-state index in [1.807, 2.05) is 0 Å². The van der Waals surface area contributed by atoms with E-state index >= 15 is 0 Å². The van der Waals surface area contributed by atoms with Crippen LogP contribution in [0.25, 0.3) is 0 Å². The van der Waals surface area contributed by atoms with Gasteiger partial charge in [0.15, 0.2) is 12.2 Å². The minimum atomic E-state index is -1.38. The van der Waals surface area contributed by atoms with Crippen LogP contribution in [0.15, 0.2) is 0 Å². The van der Waals surface area contributed by atoms with Gasteiger partial charge in [0.05, 0.1) is 0 Å². The molecule has 2 atom stereocenters. The topological polar surface area (TPSA) is 75.6 Å². The highest BCUT2D eigenvalue weighted by atomic mass is 16.6. The first-order valence-corrected chi connectivity index (χ1v) is 8.20. The van der Waals surface area contributed by atoms with Crippen LogP contribution in [0.3, 0.4) is 0 Å². The number of carbonyl (C=O) groups excluding carboxylic acids is 2. The lowest BCUT2D eigenvalue weighted by atomic mass is 9.85. The van der Waals surface area contributed by atoms with E-state index < -0.39 is 11.6 Å². The molecule has 0 spiro atoms. The van der Waals surface area contributed by atoms with Gasteiger partial charge >= 0.3 is 5.97 Å². The van der Waals surface area contributed by atoms with Crippen molar-refractivity contribution in [1.29, 1.82) is 0 Å². The van der Waals surface area contributed by atoms with Crippen molar-refractivity contribution < 1.29 is 19.4 Å². The number of esters is 1. The highest BCUT2D eigenvalue weighted by molar-refractivity contribution is 5.84. The Kier molecular flexibility index (Phi) is 5.62. The molecule has 2 saturated carbocycles. The third-order valence-corrected chi connectivity index (χ3v) is 4.85. The number of nitrogens with one attached hydrogen (secondary N) is 1. The van der Waals surface area contributed by atoms with Gasteiger partial charge in [0.1, 0.15) is 0 Å². The smallest absolute Gasteiger partial charge is 0.338 e. The van der Waals surface area contributed by atoms with Crippen molar-refractivity contribution in [2.45, 2.75) is 76.4 Å². The maximum atomic E-state index is 11.9. The van der Waals surface area contributed by atoms with Gasteiger partial charge in [-0.05, 0) is 44.4 Å². The van der Waals surface area contributed by atoms with Gasteiger partial charge in [0.2, 0.25) is 0 Å². The number of amides is 1. The molecule has 0 aromatic rings. The molecule has 2 fully saturated rings. The summed E-state index contributed by atoms with van der Waals surface area (Å²) in [6, 6.07) is 0.183. The van der Waals surface area contributed by atoms with Gasteiger partial charge in [-0.1, -0.05) is 26.2 Å². The minimum absolute atomic E-state index is 0.183. The lowest BCUT2D eigenvalue weighted by Gasteiger charge is -2.30. The largest absolute Gasteiger partial charge is 0.453 e. The quantitative estimate of drug-likeness (QED) is 0.777. The van der Waals surface area contributed by atoms with Crippen LogP contribution in [0, 0.1) is 5.92 Å². The molecule has 0 saturated heterocycles. The fourth-order valence-corrected chi connectivity index (χ4v) is 3.39. The average molecular weight is 297 g/mol. The van der Waals surface area contributed by atoms with Crippen molar-refractivity contribution in [3.8, 4) is 0 Å². The zero-order valence-corrected chi connectivity index (χ0v) is 12.9. The highest BCUT2D eigenvalue weighted by Gasteiger charge is 2.39. The van der Waals surface area contributed by atoms with Gasteiger partial charge in [-0.3, -0.25) is 4.79 Å². The lowest BCUT2D eigenvalue weighted by molar-refractivity contribution is -0.170. The number of hydrogen-bond donors (Lipinski definition) is 2. The van der Waals surface area contributed by atoms with Gasteiger partial charge in [0.25, 0.3) is 5.91 Å². The first kappa shape index (κ1) is 16.3. The average Bonchev–Trinajstić information content (AvgIpc) is 2.48. The molecular weight excluding hydrogens is 270 g/mol. The van der Waals surface area contributed by atoms with E-state index in [0.29, 0.717) is 18.8 Å². The molecular formula is C16H27NO4. The molecule has 0 aromatic heterocycles. The monoisotopic (exact) mass is 297 g/mol. The third kappa shape index (κ3) is 4.43. The molecule has 5 heteroatoms. The Bertz CT molecular complexity index is 376. The van der Waals surface area contributed by atoms with Crippen molar-refractivity contribution >= 4 is 11.9 Å². The summed E-state index contributed by atoms with van der Waals surface area (Å²) in [5.74, 6) is -0.434. The predicted molar refractivity (Wildman–Crippen MR) is 78.6 cm³/mol. The summed E-state index contributed by atoms with van der Waals surface area (Å²) >= 11 is 0. The first-order valence-electron chi connectivity index (χ1n) is 8.20. The summed E-state index contributed by atoms with van der Waals surface area (Å²) in [6.45, 7) is 1.85. The lowest BCUT2D eigenvalue weighted by Crippen LogP contribution is -2.46. The maximum absolute atomic E-state index is 11.9. The van der Waals surface area contributed by atoms with E-state index in [2.05, 4.69) is 12.2 Å². The molecule has 2 aliphatic rings. The van der Waals surface area contributed by atoms with Crippen LogP contribution >= 0.6 is 0 Å². The molecule has 21 heavy (non-hydrogen) atoms. The zero-order valence-electron chi connectivity index (χ0n) is 12.9. The Morgan fingerprint density at radius 1 is 1.14 bits per heavy atom. The molecule has 5 nitrogen and oxygen atoms in total. The van der Waals surface area contributed by atoms with E-state index in [0.717, 1.165) is 38.5 Å². The Morgan fingerprint density at radius 3 is 2.48 bits per heavy atom. The Morgan fingerprint density at radius 2 is 1.81 bits per heavy atom. The second kappa shape index (κ2) is 7.25. The van der Waals surface area contributed by atoms with Gasteiger partial charge in [-0.25, -0.2) is 4.79 Å². The Labute approximate surface area is 126 Å². The van der Waals surface area contributed by atoms with E-state index in [9.17, 15) is 14.7 Å². The summed E-state index contributed by atoms with van der Waals surface area (Å²) in [7, 11) is 0. The van der Waals surface area contributed by atoms with Gasteiger partial charge in [0, 0.05) is 6.04 Å². The van der Waals surface area contributed by atoms with Crippen molar-refractivity contribution in [2.75, 3.05) is 6.61 Å². The van der Waals surface area contributed by atoms with Crippen LogP contribution in [0.5, 0.6) is 0 Å². The molecule has 2 rings (SSSR count). The molecule has 0 radical (unpaired) electrons. The molecule has 1 amide bonds. The van der Waals surface area contributed by atoms with Crippen molar-refractivity contribution in [3.05, 3.63) is 0 Å². The number of hydrogen-bond acceptors (Lipinski definition) is 4. The number of ether oxygens (including phenoxy) is 1. The third-order valence-electron chi connectivity index (χ3n) is 4.85. The van der Waals surface area contributed by atoms with E-state index in [1.165, 1.54) is 6.42 Å². The van der Waals surface area contributed by atoms with Crippen molar-refractivity contribution in [1.82, 2.24) is 5.32 Å². The number of carbonyl (C=O) groups is 2. The van der Waals surface area contributed by atoms with Crippen molar-refractivity contribution in [3.63, 3.8) is 0 Å². The zero-order chi connectivity index (χ0) is 15.3. The summed E-state index contributed by atoms with van der Waals surface area (Å²) in [4.78, 5) is 23.8. The number of aliphatic hydroxyl groups is 1. The summed E-state index contributed by atoms with van der Waals surface area (Å²) in [5, 5.41) is 13.2. The van der Waals surface area contributed by atoms with Crippen LogP contribution in [-0.4, -0.2) is 35.2 Å². The normalized spacial score (nSPS) is 28.7. The molecule has 0 aromatic carbocycles. The van der Waals surface area contributed by atoms with Crippen LogP contribution in [0.2, 0.25) is 0 Å². The fraction of sp³-hybridized carbons (Fsp3) is 0.875. The van der Waals surface area contributed by atoms with Crippen LogP contribution in [0.1, 0.15) is 64.7 Å². The second-order valence-electron chi connectivity index (χ2n) is 6.60. The van der Waals surface area contributed by atoms with Crippen molar-refractivity contribution in [2.24, 2.45) is 5.92 Å². The molecule has 120 valence electrons. The summed E-state index contributed by atoms with van der Waals surface area (Å²) in [6.07, 6.45) is 8.05. The maximum Gasteiger partial charge on any atom is 0.338 e. The summed E-state index contributed by atoms with van der Waals surface area (Å²) < 4.78 is 5.02. The molecule has 2 N–H and O–H groups in total. The van der Waals surface area contributed by atoms with Crippen LogP contribution in [0.4, 0.5) is 0 Å². The van der Waals surface area contributed by atoms with E-state index in [4.69, 9.17) is 4.74 Å². The SMILES string of the molecule is C[C@@H]1CCCC[C@H]1NC(=O)COC(=O)C1(O)CCCCC1. The molecule has 0 aliphatic heterocycles. The van der Waals surface area contributed by atoms with Gasteiger partial charge in [-0.15, -0.1) is 0 Å². The highest BCUT2D eigenvalue weighted by Crippen LogP contribution is 2.29. The molecule has 0 bridgehead atoms. The fourth-order valence-electron chi connectivity index (χ4n) is 3.39. The molecule has 0 heterocycles. The minimum Gasteiger partial charge on any atom is -0.453 e.